The molecule has 0 fully saturated rings. The SMILES string of the molecule is CCc1cccc(CC)c1NCc1nnc(SC(C)C)s1. The van der Waals surface area contributed by atoms with Gasteiger partial charge in [-0.05, 0) is 24.0 Å². The van der Waals surface area contributed by atoms with Crippen LogP contribution in [0.15, 0.2) is 22.5 Å². The number of thioether (sulfide) groups is 1. The molecule has 0 saturated heterocycles. The van der Waals surface area contributed by atoms with E-state index in [1.165, 1.54) is 16.8 Å². The fraction of sp³-hybridized carbons (Fsp3) is 0.500. The van der Waals surface area contributed by atoms with Crippen molar-refractivity contribution in [2.45, 2.75) is 56.7 Å². The van der Waals surface area contributed by atoms with E-state index in [2.05, 4.69) is 61.4 Å². The average Bonchev–Trinajstić information content (AvgIpc) is 2.91. The minimum atomic E-state index is 0.547. The van der Waals surface area contributed by atoms with Gasteiger partial charge in [0.2, 0.25) is 0 Å². The number of rotatable bonds is 7. The molecule has 2 aromatic rings. The second-order valence-corrected chi connectivity index (χ2v) is 8.03. The van der Waals surface area contributed by atoms with Crippen LogP contribution in [0.4, 0.5) is 5.69 Å². The largest absolute Gasteiger partial charge is 0.378 e. The highest BCUT2D eigenvalue weighted by Crippen LogP contribution is 2.27. The summed E-state index contributed by atoms with van der Waals surface area (Å²) < 4.78 is 1.06. The molecule has 5 heteroatoms. The number of nitrogens with zero attached hydrogens (tertiary/aromatic N) is 2. The second kappa shape index (κ2) is 7.80. The zero-order valence-corrected chi connectivity index (χ0v) is 14.8. The van der Waals surface area contributed by atoms with E-state index in [0.29, 0.717) is 5.25 Å². The Bertz CT molecular complexity index is 556. The minimum Gasteiger partial charge on any atom is -0.378 e. The number of aryl methyl sites for hydroxylation is 2. The van der Waals surface area contributed by atoms with E-state index in [4.69, 9.17) is 0 Å². The lowest BCUT2D eigenvalue weighted by atomic mass is 10.0. The van der Waals surface area contributed by atoms with Crippen LogP contribution in [0.5, 0.6) is 0 Å². The van der Waals surface area contributed by atoms with E-state index in [-0.39, 0.29) is 0 Å². The summed E-state index contributed by atoms with van der Waals surface area (Å²) in [5, 5.41) is 13.7. The van der Waals surface area contributed by atoms with E-state index >= 15 is 0 Å². The Hall–Kier alpha value is -1.07. The summed E-state index contributed by atoms with van der Waals surface area (Å²) in [4.78, 5) is 0. The van der Waals surface area contributed by atoms with Gasteiger partial charge in [0.15, 0.2) is 4.34 Å². The molecular weight excluding hydrogens is 298 g/mol. The molecule has 0 amide bonds. The molecule has 0 aliphatic carbocycles. The van der Waals surface area contributed by atoms with Crippen molar-refractivity contribution in [1.82, 2.24) is 10.2 Å². The number of anilines is 1. The minimum absolute atomic E-state index is 0.547. The third kappa shape index (κ3) is 4.45. The Morgan fingerprint density at radius 2 is 1.81 bits per heavy atom. The van der Waals surface area contributed by atoms with Gasteiger partial charge in [0.1, 0.15) is 5.01 Å². The van der Waals surface area contributed by atoms with Crippen LogP contribution in [0.25, 0.3) is 0 Å². The predicted molar refractivity (Wildman–Crippen MR) is 93.4 cm³/mol. The van der Waals surface area contributed by atoms with Gasteiger partial charge in [-0.15, -0.1) is 10.2 Å². The Labute approximate surface area is 135 Å². The lowest BCUT2D eigenvalue weighted by molar-refractivity contribution is 0.939. The van der Waals surface area contributed by atoms with Crippen molar-refractivity contribution in [3.8, 4) is 0 Å². The van der Waals surface area contributed by atoms with Gasteiger partial charge >= 0.3 is 0 Å². The van der Waals surface area contributed by atoms with E-state index < -0.39 is 0 Å². The van der Waals surface area contributed by atoms with Crippen LogP contribution < -0.4 is 5.32 Å². The Morgan fingerprint density at radius 1 is 1.14 bits per heavy atom. The summed E-state index contributed by atoms with van der Waals surface area (Å²) >= 11 is 3.46. The van der Waals surface area contributed by atoms with Gasteiger partial charge in [-0.1, -0.05) is 69.0 Å². The van der Waals surface area contributed by atoms with Crippen molar-refractivity contribution < 1.29 is 0 Å². The number of para-hydroxylation sites is 1. The Kier molecular flexibility index (Phi) is 6.06. The van der Waals surface area contributed by atoms with Crippen LogP contribution in [0.2, 0.25) is 0 Å². The molecule has 0 bridgehead atoms. The first kappa shape index (κ1) is 16.3. The van der Waals surface area contributed by atoms with Gasteiger partial charge in [0.05, 0.1) is 6.54 Å². The van der Waals surface area contributed by atoms with Crippen LogP contribution in [-0.4, -0.2) is 15.4 Å². The fourth-order valence-corrected chi connectivity index (χ4v) is 4.25. The summed E-state index contributed by atoms with van der Waals surface area (Å²) in [5.74, 6) is 0. The standard InChI is InChI=1S/C16H23N3S2/c1-5-12-8-7-9-13(6-2)15(12)17-10-14-18-19-16(21-14)20-11(3)4/h7-9,11,17H,5-6,10H2,1-4H3. The molecule has 0 atom stereocenters. The van der Waals surface area contributed by atoms with Crippen molar-refractivity contribution in [2.75, 3.05) is 5.32 Å². The normalized spacial score (nSPS) is 11.1. The molecule has 2 rings (SSSR count). The monoisotopic (exact) mass is 321 g/mol. The molecule has 0 saturated carbocycles. The summed E-state index contributed by atoms with van der Waals surface area (Å²) in [7, 11) is 0. The summed E-state index contributed by atoms with van der Waals surface area (Å²) in [6.07, 6.45) is 2.08. The molecule has 0 unspecified atom stereocenters. The maximum Gasteiger partial charge on any atom is 0.174 e. The van der Waals surface area contributed by atoms with Gasteiger partial charge < -0.3 is 5.32 Å². The number of hydrogen-bond acceptors (Lipinski definition) is 5. The van der Waals surface area contributed by atoms with Crippen LogP contribution in [0.1, 0.15) is 43.8 Å². The maximum absolute atomic E-state index is 4.28. The zero-order chi connectivity index (χ0) is 15.2. The Balaban J connectivity index is 2.07. The number of nitrogens with one attached hydrogen (secondary N) is 1. The number of benzene rings is 1. The van der Waals surface area contributed by atoms with Crippen molar-refractivity contribution in [3.63, 3.8) is 0 Å². The van der Waals surface area contributed by atoms with Crippen LogP contribution in [-0.2, 0) is 19.4 Å². The molecule has 1 N–H and O–H groups in total. The summed E-state index contributed by atoms with van der Waals surface area (Å²) in [6.45, 7) is 9.49. The van der Waals surface area contributed by atoms with Crippen LogP contribution >= 0.6 is 23.1 Å². The molecular formula is C16H23N3S2. The van der Waals surface area contributed by atoms with Gasteiger partial charge in [-0.3, -0.25) is 0 Å². The van der Waals surface area contributed by atoms with E-state index in [9.17, 15) is 0 Å². The van der Waals surface area contributed by atoms with Gasteiger partial charge in [0.25, 0.3) is 0 Å². The molecule has 21 heavy (non-hydrogen) atoms. The van der Waals surface area contributed by atoms with E-state index in [0.717, 1.165) is 28.7 Å². The average molecular weight is 322 g/mol. The summed E-state index contributed by atoms with van der Waals surface area (Å²) in [6, 6.07) is 6.54. The first-order chi connectivity index (χ1) is 10.1. The van der Waals surface area contributed by atoms with Crippen molar-refractivity contribution >= 4 is 28.8 Å². The van der Waals surface area contributed by atoms with Gasteiger partial charge in [0, 0.05) is 10.9 Å². The molecule has 1 heterocycles. The lowest BCUT2D eigenvalue weighted by Gasteiger charge is -2.14. The second-order valence-electron chi connectivity index (χ2n) is 5.14. The molecule has 0 aliphatic heterocycles. The third-order valence-corrected chi connectivity index (χ3v) is 5.21. The molecule has 0 aliphatic rings. The topological polar surface area (TPSA) is 37.8 Å². The number of aromatic nitrogens is 2. The lowest BCUT2D eigenvalue weighted by Crippen LogP contribution is -2.05. The maximum atomic E-state index is 4.28. The van der Waals surface area contributed by atoms with E-state index in [1.54, 1.807) is 23.1 Å². The fourth-order valence-electron chi connectivity index (χ4n) is 2.19. The smallest absolute Gasteiger partial charge is 0.174 e. The molecule has 3 nitrogen and oxygen atoms in total. The summed E-state index contributed by atoms with van der Waals surface area (Å²) in [5.41, 5.74) is 4.02. The zero-order valence-electron chi connectivity index (χ0n) is 13.1. The van der Waals surface area contributed by atoms with Gasteiger partial charge in [-0.25, -0.2) is 0 Å². The highest BCUT2D eigenvalue weighted by atomic mass is 32.2. The highest BCUT2D eigenvalue weighted by Gasteiger charge is 2.09. The highest BCUT2D eigenvalue weighted by molar-refractivity contribution is 8.01. The first-order valence-corrected chi connectivity index (χ1v) is 9.17. The van der Waals surface area contributed by atoms with Crippen molar-refractivity contribution in [3.05, 3.63) is 34.3 Å². The first-order valence-electron chi connectivity index (χ1n) is 7.47. The quantitative estimate of drug-likeness (QED) is 0.745. The predicted octanol–water partition coefficient (Wildman–Crippen LogP) is 4.78. The Morgan fingerprint density at radius 3 is 2.38 bits per heavy atom. The molecule has 114 valence electrons. The van der Waals surface area contributed by atoms with Crippen LogP contribution in [0, 0.1) is 0 Å². The number of hydrogen-bond donors (Lipinski definition) is 1. The van der Waals surface area contributed by atoms with Crippen molar-refractivity contribution in [1.29, 1.82) is 0 Å². The third-order valence-electron chi connectivity index (χ3n) is 3.20. The van der Waals surface area contributed by atoms with Gasteiger partial charge in [-0.2, -0.15) is 0 Å². The molecule has 1 aromatic heterocycles. The molecule has 0 spiro atoms. The van der Waals surface area contributed by atoms with E-state index in [1.807, 2.05) is 0 Å². The molecule has 1 aromatic carbocycles. The van der Waals surface area contributed by atoms with Crippen LogP contribution in [0.3, 0.4) is 0 Å². The van der Waals surface area contributed by atoms with Crippen molar-refractivity contribution in [2.24, 2.45) is 0 Å². The molecule has 0 radical (unpaired) electrons.